The normalized spacial score (nSPS) is 14.0. The summed E-state index contributed by atoms with van der Waals surface area (Å²) in [6.07, 6.45) is 10.9. The fraction of sp³-hybridized carbons (Fsp3) is 0.492. The van der Waals surface area contributed by atoms with Gasteiger partial charge in [0.2, 0.25) is 53.2 Å². The van der Waals surface area contributed by atoms with Crippen LogP contribution in [0.4, 0.5) is 0 Å². The second-order valence-electron chi connectivity index (χ2n) is 23.3. The highest BCUT2D eigenvalue weighted by Crippen LogP contribution is 2.23. The number of benzene rings is 3. The number of rotatable bonds is 43. The number of nitrogens with two attached hydrogens (primary N) is 7. The molecule has 27 heteroatoms. The number of unbranched alkanes of at least 4 members (excludes halogenated alkanes) is 5. The smallest absolute Gasteiger partial charge is 0.243 e. The molecule has 0 unspecified atom stereocenters. The van der Waals surface area contributed by atoms with Gasteiger partial charge < -0.3 is 97.6 Å². The molecule has 8 atom stereocenters. The van der Waals surface area contributed by atoms with Gasteiger partial charge in [0, 0.05) is 70.6 Å². The van der Waals surface area contributed by atoms with Gasteiger partial charge in [-0.1, -0.05) is 61.0 Å². The molecule has 27 nitrogen and oxygen atoms in total. The van der Waals surface area contributed by atoms with Crippen LogP contribution in [0.2, 0.25) is 0 Å². The largest absolute Gasteiger partial charge is 0.368 e. The Balaban J connectivity index is 1.29. The van der Waals surface area contributed by atoms with Gasteiger partial charge in [0.1, 0.15) is 42.3 Å². The van der Waals surface area contributed by atoms with Crippen molar-refractivity contribution in [3.63, 3.8) is 0 Å². The zero-order valence-corrected chi connectivity index (χ0v) is 52.5. The van der Waals surface area contributed by atoms with Crippen molar-refractivity contribution < 1.29 is 43.2 Å². The summed E-state index contributed by atoms with van der Waals surface area (Å²) in [5.74, 6) is -6.44. The van der Waals surface area contributed by atoms with Crippen LogP contribution in [-0.2, 0) is 62.4 Å². The van der Waals surface area contributed by atoms with Crippen LogP contribution in [0, 0.1) is 0 Å². The number of primary amides is 1. The van der Waals surface area contributed by atoms with E-state index in [0.29, 0.717) is 107 Å². The molecule has 25 N–H and O–H groups in total. The van der Waals surface area contributed by atoms with Crippen molar-refractivity contribution in [3.05, 3.63) is 108 Å². The van der Waals surface area contributed by atoms with Gasteiger partial charge in [0.15, 0.2) is 0 Å². The van der Waals surface area contributed by atoms with Crippen molar-refractivity contribution in [3.8, 4) is 0 Å². The van der Waals surface area contributed by atoms with E-state index in [0.717, 1.165) is 32.7 Å². The summed E-state index contributed by atoms with van der Waals surface area (Å²) in [5, 5.41) is 24.7. The van der Waals surface area contributed by atoms with Crippen LogP contribution in [0.3, 0.4) is 0 Å². The van der Waals surface area contributed by atoms with E-state index in [1.807, 2.05) is 72.8 Å². The number of carbonyl (C=O) groups excluding carboxylic acids is 9. The van der Waals surface area contributed by atoms with Gasteiger partial charge in [-0.15, -0.1) is 0 Å². The third-order valence-corrected chi connectivity index (χ3v) is 16.3. The summed E-state index contributed by atoms with van der Waals surface area (Å²) in [5.41, 5.74) is 45.1. The molecule has 0 radical (unpaired) electrons. The number of aromatic nitrogens is 3. The van der Waals surface area contributed by atoms with Gasteiger partial charge in [-0.2, -0.15) is 0 Å². The Kier molecular flexibility index (Phi) is 30.0. The molecule has 3 aromatic heterocycles. The number of amides is 9. The number of hydrogen-bond acceptors (Lipinski definition) is 15. The van der Waals surface area contributed by atoms with Crippen LogP contribution in [0.25, 0.3) is 32.7 Å². The van der Waals surface area contributed by atoms with Crippen molar-refractivity contribution >= 4 is 85.9 Å². The van der Waals surface area contributed by atoms with Crippen molar-refractivity contribution in [2.24, 2.45) is 40.1 Å². The van der Waals surface area contributed by atoms with Crippen molar-refractivity contribution in [2.75, 3.05) is 39.3 Å². The fourth-order valence-electron chi connectivity index (χ4n) is 11.1. The van der Waals surface area contributed by atoms with Crippen LogP contribution in [-0.4, -0.2) is 156 Å². The summed E-state index contributed by atoms with van der Waals surface area (Å²) in [6.45, 7) is 1.11. The molecule has 3 aromatic carbocycles. The number of aromatic amines is 3. The minimum Gasteiger partial charge on any atom is -0.368 e. The summed E-state index contributed by atoms with van der Waals surface area (Å²) in [4.78, 5) is 137. The van der Waals surface area contributed by atoms with Crippen molar-refractivity contribution in [1.29, 1.82) is 0 Å². The van der Waals surface area contributed by atoms with E-state index in [1.165, 1.54) is 0 Å². The molecule has 0 saturated carbocycles. The Morgan fingerprint density at radius 3 is 0.989 bits per heavy atom. The first-order valence-corrected chi connectivity index (χ1v) is 32.1. The summed E-state index contributed by atoms with van der Waals surface area (Å²) in [7, 11) is 0. The number of H-pyrrole nitrogens is 3. The molecule has 0 bridgehead atoms. The van der Waals surface area contributed by atoms with Gasteiger partial charge in [-0.3, -0.25) is 43.2 Å². The molecule has 0 saturated heterocycles. The minimum absolute atomic E-state index is 0.0458. The minimum atomic E-state index is -1.40. The lowest BCUT2D eigenvalue weighted by molar-refractivity contribution is -0.135. The zero-order chi connectivity index (χ0) is 66.4. The standard InChI is InChI=1S/C65H96N18O9/c66-28-12-7-20-46(71)59(86)78-51(25-9-14-30-68)62(89)82-56(35-42-38-75-49-23-6-3-19-45(42)49)65(92)83-55(34-41-37-74-48-22-5-2-18-44(41)48)64(91)80-52(26-10-15-31-69)61(88)79-53(27-11-16-32-70)63(90)81-54(33-40-36-73-47-21-4-1-17-43(40)47)60(87)76-39-57(84)77-50(58(72)85)24-8-13-29-67/h1-6,17-19,21-23,36-38,46,50-56,73-75H,7-16,20,24-35,39,66-71H2,(H2,72,85)(H,76,87)(H,77,84)(H,78,86)(H,79,88)(H,80,91)(H,81,90)(H,82,89)(H,83,92)/t46-,50-,51-,52-,53-,54-,55-,56-/m0/s1. The predicted molar refractivity (Wildman–Crippen MR) is 354 cm³/mol. The van der Waals surface area contributed by atoms with E-state index >= 15 is 9.59 Å². The quantitative estimate of drug-likeness (QED) is 0.0226. The van der Waals surface area contributed by atoms with Crippen LogP contribution in [0.15, 0.2) is 91.4 Å². The third kappa shape index (κ3) is 22.3. The summed E-state index contributed by atoms with van der Waals surface area (Å²) < 4.78 is 0. The monoisotopic (exact) mass is 1270 g/mol. The second kappa shape index (κ2) is 38.2. The first-order chi connectivity index (χ1) is 44.5. The number of hydrogen-bond donors (Lipinski definition) is 18. The molecule has 500 valence electrons. The molecule has 0 aliphatic rings. The van der Waals surface area contributed by atoms with Gasteiger partial charge >= 0.3 is 0 Å². The highest BCUT2D eigenvalue weighted by Gasteiger charge is 2.35. The van der Waals surface area contributed by atoms with Crippen molar-refractivity contribution in [2.45, 2.75) is 164 Å². The molecule has 9 amide bonds. The fourth-order valence-corrected chi connectivity index (χ4v) is 11.1. The average molecular weight is 1270 g/mol. The van der Waals surface area contributed by atoms with E-state index in [1.54, 1.807) is 18.6 Å². The Morgan fingerprint density at radius 1 is 0.348 bits per heavy atom. The zero-order valence-electron chi connectivity index (χ0n) is 52.5. The molecule has 6 rings (SSSR count). The maximum Gasteiger partial charge on any atom is 0.243 e. The average Bonchev–Trinajstić information content (AvgIpc) is 1.73. The molecule has 0 spiro atoms. The van der Waals surface area contributed by atoms with Crippen LogP contribution in [0.1, 0.15) is 113 Å². The molecule has 3 heterocycles. The summed E-state index contributed by atoms with van der Waals surface area (Å²) in [6, 6.07) is 12.5. The number of fused-ring (bicyclic) bond motifs is 3. The Labute approximate surface area is 535 Å². The molecule has 0 fully saturated rings. The topological polar surface area (TPSA) is 479 Å². The van der Waals surface area contributed by atoms with Crippen LogP contribution >= 0.6 is 0 Å². The highest BCUT2D eigenvalue weighted by molar-refractivity contribution is 5.99. The maximum atomic E-state index is 15.2. The van der Waals surface area contributed by atoms with E-state index in [2.05, 4.69) is 57.5 Å². The Hall–Kier alpha value is -8.73. The van der Waals surface area contributed by atoms with E-state index in [-0.39, 0.29) is 58.0 Å². The third-order valence-electron chi connectivity index (χ3n) is 16.3. The first-order valence-electron chi connectivity index (χ1n) is 32.1. The van der Waals surface area contributed by atoms with E-state index in [9.17, 15) is 33.6 Å². The molecule has 0 aliphatic carbocycles. The molecule has 0 aliphatic heterocycles. The van der Waals surface area contributed by atoms with Crippen LogP contribution in [0.5, 0.6) is 0 Å². The second-order valence-corrected chi connectivity index (χ2v) is 23.3. The first kappa shape index (κ1) is 72.3. The predicted octanol–water partition coefficient (Wildman–Crippen LogP) is 0.126. The van der Waals surface area contributed by atoms with Gasteiger partial charge in [-0.05, 0) is 158 Å². The summed E-state index contributed by atoms with van der Waals surface area (Å²) >= 11 is 0. The van der Waals surface area contributed by atoms with Crippen LogP contribution < -0.4 is 82.7 Å². The SMILES string of the molecule is NCCCC[C@H](NC(=O)CNC(=O)[C@H](Cc1c[nH]c2ccccc12)NC(=O)[C@H](CCCCN)NC(=O)[C@H](CCCCN)NC(=O)[C@H](Cc1c[nH]c2ccccc12)NC(=O)[C@H](Cc1c[nH]c2ccccc12)NC(=O)[C@H](CCCCN)NC(=O)[C@@H](N)CCCCN)C(N)=O. The Bertz CT molecular complexity index is 3360. The van der Waals surface area contributed by atoms with Gasteiger partial charge in [-0.25, -0.2) is 0 Å². The lowest BCUT2D eigenvalue weighted by Gasteiger charge is -2.28. The number of para-hydroxylation sites is 3. The van der Waals surface area contributed by atoms with Gasteiger partial charge in [0.05, 0.1) is 12.6 Å². The number of nitrogens with one attached hydrogen (secondary N) is 11. The molecular formula is C65H96N18O9. The number of carbonyl (C=O) groups is 9. The lowest BCUT2D eigenvalue weighted by Crippen LogP contribution is -2.60. The Morgan fingerprint density at radius 2 is 0.641 bits per heavy atom. The molecule has 92 heavy (non-hydrogen) atoms. The maximum absolute atomic E-state index is 15.2. The van der Waals surface area contributed by atoms with Crippen molar-refractivity contribution in [1.82, 2.24) is 57.5 Å². The molecular weight excluding hydrogens is 1180 g/mol. The molecule has 6 aromatic rings. The van der Waals surface area contributed by atoms with Gasteiger partial charge in [0.25, 0.3) is 0 Å². The lowest BCUT2D eigenvalue weighted by atomic mass is 10.00. The van der Waals surface area contributed by atoms with E-state index in [4.69, 9.17) is 40.1 Å². The highest BCUT2D eigenvalue weighted by atomic mass is 16.2. The van der Waals surface area contributed by atoms with E-state index < -0.39 is 108 Å².